The van der Waals surface area contributed by atoms with Gasteiger partial charge in [0, 0.05) is 42.9 Å². The summed E-state index contributed by atoms with van der Waals surface area (Å²) >= 11 is 0. The third-order valence-corrected chi connectivity index (χ3v) is 5.52. The van der Waals surface area contributed by atoms with Gasteiger partial charge in [-0.3, -0.25) is 9.78 Å². The van der Waals surface area contributed by atoms with Gasteiger partial charge in [0.1, 0.15) is 17.6 Å². The standard InChI is InChI=1S/C21H24N2O3/c1-14-11-15(3-6-20(14)25-2)21(24)23-16-4-5-17(23)13-19(12-16)26-18-7-9-22-10-8-18/h3,6-11,16-17,19H,4-5,12-13H2,1-2H3. The summed E-state index contributed by atoms with van der Waals surface area (Å²) in [5, 5.41) is 0. The van der Waals surface area contributed by atoms with Gasteiger partial charge in [0.2, 0.25) is 0 Å². The third kappa shape index (κ3) is 3.14. The van der Waals surface area contributed by atoms with Gasteiger partial charge in [-0.2, -0.15) is 0 Å². The van der Waals surface area contributed by atoms with Crippen molar-refractivity contribution in [1.29, 1.82) is 0 Å². The molecule has 1 aromatic heterocycles. The summed E-state index contributed by atoms with van der Waals surface area (Å²) < 4.78 is 11.4. The first kappa shape index (κ1) is 16.9. The minimum Gasteiger partial charge on any atom is -0.496 e. The predicted molar refractivity (Wildman–Crippen MR) is 98.6 cm³/mol. The molecule has 1 aromatic carbocycles. The van der Waals surface area contributed by atoms with E-state index >= 15 is 0 Å². The van der Waals surface area contributed by atoms with Crippen LogP contribution in [0.15, 0.2) is 42.7 Å². The van der Waals surface area contributed by atoms with E-state index in [1.807, 2.05) is 37.3 Å². The number of aryl methyl sites for hydroxylation is 1. The number of hydrogen-bond donors (Lipinski definition) is 0. The SMILES string of the molecule is COc1ccc(C(=O)N2C3CCC2CC(Oc2ccncc2)C3)cc1C. The van der Waals surface area contributed by atoms with Crippen LogP contribution in [0.4, 0.5) is 0 Å². The number of methoxy groups -OCH3 is 1. The lowest BCUT2D eigenvalue weighted by Crippen LogP contribution is -2.49. The van der Waals surface area contributed by atoms with Crippen molar-refractivity contribution < 1.29 is 14.3 Å². The highest BCUT2D eigenvalue weighted by Gasteiger charge is 2.44. The topological polar surface area (TPSA) is 51.7 Å². The van der Waals surface area contributed by atoms with Gasteiger partial charge in [-0.1, -0.05) is 0 Å². The van der Waals surface area contributed by atoms with Crippen molar-refractivity contribution >= 4 is 5.91 Å². The Hall–Kier alpha value is -2.56. The zero-order valence-electron chi connectivity index (χ0n) is 15.2. The summed E-state index contributed by atoms with van der Waals surface area (Å²) in [4.78, 5) is 19.2. The van der Waals surface area contributed by atoms with Gasteiger partial charge in [0.15, 0.2) is 0 Å². The first-order chi connectivity index (χ1) is 12.7. The maximum atomic E-state index is 13.1. The van der Waals surface area contributed by atoms with Gasteiger partial charge < -0.3 is 14.4 Å². The number of nitrogens with zero attached hydrogens (tertiary/aromatic N) is 2. The molecule has 2 aliphatic rings. The zero-order valence-corrected chi connectivity index (χ0v) is 15.2. The molecule has 2 fully saturated rings. The van der Waals surface area contributed by atoms with Crippen LogP contribution < -0.4 is 9.47 Å². The Morgan fingerprint density at radius 2 is 1.81 bits per heavy atom. The van der Waals surface area contributed by atoms with E-state index in [0.29, 0.717) is 0 Å². The summed E-state index contributed by atoms with van der Waals surface area (Å²) in [6, 6.07) is 9.97. The smallest absolute Gasteiger partial charge is 0.254 e. The van der Waals surface area contributed by atoms with Crippen molar-refractivity contribution in [2.24, 2.45) is 0 Å². The normalized spacial score (nSPS) is 24.4. The number of benzene rings is 1. The van der Waals surface area contributed by atoms with Crippen molar-refractivity contribution in [3.8, 4) is 11.5 Å². The average molecular weight is 352 g/mol. The van der Waals surface area contributed by atoms with Crippen LogP contribution in [-0.4, -0.2) is 41.1 Å². The van der Waals surface area contributed by atoms with Crippen LogP contribution in [-0.2, 0) is 0 Å². The Kier molecular flexibility index (Phi) is 4.53. The Morgan fingerprint density at radius 3 is 2.42 bits per heavy atom. The second-order valence-electron chi connectivity index (χ2n) is 7.18. The summed E-state index contributed by atoms with van der Waals surface area (Å²) in [6.07, 6.45) is 7.54. The molecule has 2 unspecified atom stereocenters. The molecular formula is C21H24N2O3. The molecule has 26 heavy (non-hydrogen) atoms. The van der Waals surface area contributed by atoms with Gasteiger partial charge in [-0.15, -0.1) is 0 Å². The highest BCUT2D eigenvalue weighted by Crippen LogP contribution is 2.38. The zero-order chi connectivity index (χ0) is 18.1. The quantitative estimate of drug-likeness (QED) is 0.843. The van der Waals surface area contributed by atoms with E-state index in [-0.39, 0.29) is 24.1 Å². The van der Waals surface area contributed by atoms with E-state index in [2.05, 4.69) is 9.88 Å². The number of hydrogen-bond acceptors (Lipinski definition) is 4. The second-order valence-corrected chi connectivity index (χ2v) is 7.18. The fourth-order valence-corrected chi connectivity index (χ4v) is 4.32. The van der Waals surface area contributed by atoms with Crippen LogP contribution >= 0.6 is 0 Å². The molecule has 5 nitrogen and oxygen atoms in total. The Morgan fingerprint density at radius 1 is 1.12 bits per heavy atom. The van der Waals surface area contributed by atoms with Crippen molar-refractivity contribution in [2.75, 3.05) is 7.11 Å². The molecule has 0 N–H and O–H groups in total. The van der Waals surface area contributed by atoms with Crippen molar-refractivity contribution in [3.63, 3.8) is 0 Å². The Balaban J connectivity index is 1.48. The Bertz CT molecular complexity index is 779. The van der Waals surface area contributed by atoms with Crippen LogP contribution in [0.2, 0.25) is 0 Å². The van der Waals surface area contributed by atoms with Crippen LogP contribution in [0.25, 0.3) is 0 Å². The molecule has 2 aromatic rings. The molecule has 0 aliphatic carbocycles. The van der Waals surface area contributed by atoms with Crippen molar-refractivity contribution in [2.45, 2.75) is 50.8 Å². The predicted octanol–water partition coefficient (Wildman–Crippen LogP) is 3.61. The van der Waals surface area contributed by atoms with Crippen LogP contribution in [0, 0.1) is 6.92 Å². The van der Waals surface area contributed by atoms with E-state index in [0.717, 1.165) is 48.3 Å². The van der Waals surface area contributed by atoms with Gasteiger partial charge in [-0.25, -0.2) is 0 Å². The van der Waals surface area contributed by atoms with Crippen molar-refractivity contribution in [3.05, 3.63) is 53.9 Å². The number of aromatic nitrogens is 1. The van der Waals surface area contributed by atoms with E-state index in [9.17, 15) is 4.79 Å². The molecule has 0 saturated carbocycles. The highest BCUT2D eigenvalue weighted by atomic mass is 16.5. The summed E-state index contributed by atoms with van der Waals surface area (Å²) in [6.45, 7) is 1.97. The number of carbonyl (C=O) groups excluding carboxylic acids is 1. The maximum Gasteiger partial charge on any atom is 0.254 e. The summed E-state index contributed by atoms with van der Waals surface area (Å²) in [5.74, 6) is 1.80. The average Bonchev–Trinajstić information content (AvgIpc) is 2.92. The monoisotopic (exact) mass is 352 g/mol. The molecule has 5 heteroatoms. The first-order valence-electron chi connectivity index (χ1n) is 9.19. The number of fused-ring (bicyclic) bond motifs is 2. The summed E-state index contributed by atoms with van der Waals surface area (Å²) in [7, 11) is 1.65. The molecule has 1 amide bonds. The van der Waals surface area contributed by atoms with E-state index in [1.54, 1.807) is 19.5 Å². The molecule has 2 aliphatic heterocycles. The van der Waals surface area contributed by atoms with E-state index in [4.69, 9.17) is 9.47 Å². The lowest BCUT2D eigenvalue weighted by atomic mass is 9.98. The van der Waals surface area contributed by atoms with E-state index < -0.39 is 0 Å². The third-order valence-electron chi connectivity index (χ3n) is 5.52. The highest BCUT2D eigenvalue weighted by molar-refractivity contribution is 5.95. The first-order valence-corrected chi connectivity index (χ1v) is 9.19. The number of amides is 1. The molecular weight excluding hydrogens is 328 g/mol. The molecule has 2 bridgehead atoms. The molecule has 2 atom stereocenters. The van der Waals surface area contributed by atoms with Crippen molar-refractivity contribution in [1.82, 2.24) is 9.88 Å². The Labute approximate surface area is 153 Å². The fraction of sp³-hybridized carbons (Fsp3) is 0.429. The van der Waals surface area contributed by atoms with Crippen LogP contribution in [0.1, 0.15) is 41.6 Å². The molecule has 3 heterocycles. The maximum absolute atomic E-state index is 13.1. The number of pyridine rings is 1. The van der Waals surface area contributed by atoms with Crippen LogP contribution in [0.5, 0.6) is 11.5 Å². The van der Waals surface area contributed by atoms with Gasteiger partial charge >= 0.3 is 0 Å². The number of piperidine rings is 1. The largest absolute Gasteiger partial charge is 0.496 e. The molecule has 4 rings (SSSR count). The van der Waals surface area contributed by atoms with Gasteiger partial charge in [-0.05, 0) is 55.7 Å². The fourth-order valence-electron chi connectivity index (χ4n) is 4.32. The number of carbonyl (C=O) groups is 1. The molecule has 0 radical (unpaired) electrons. The number of ether oxygens (including phenoxy) is 2. The minimum atomic E-state index is 0.130. The van der Waals surface area contributed by atoms with Crippen LogP contribution in [0.3, 0.4) is 0 Å². The minimum absolute atomic E-state index is 0.130. The van der Waals surface area contributed by atoms with Gasteiger partial charge in [0.05, 0.1) is 7.11 Å². The molecule has 136 valence electrons. The summed E-state index contributed by atoms with van der Waals surface area (Å²) in [5.41, 5.74) is 1.73. The lowest BCUT2D eigenvalue weighted by Gasteiger charge is -2.39. The van der Waals surface area contributed by atoms with E-state index in [1.165, 1.54) is 0 Å². The molecule has 0 spiro atoms. The van der Waals surface area contributed by atoms with Gasteiger partial charge in [0.25, 0.3) is 5.91 Å². The number of rotatable bonds is 4. The lowest BCUT2D eigenvalue weighted by molar-refractivity contribution is 0.0358. The second kappa shape index (κ2) is 6.98. The molecule has 2 saturated heterocycles.